The first-order valence-electron chi connectivity index (χ1n) is 7.87. The SMILES string of the molecule is Cc1ccc(C(=O)N2C[C@H](c3ccccc3)C(C)(C)C2)n1C. The second-order valence-corrected chi connectivity index (χ2v) is 7.06. The van der Waals surface area contributed by atoms with Crippen molar-refractivity contribution in [2.24, 2.45) is 12.5 Å². The fourth-order valence-corrected chi connectivity index (χ4v) is 3.52. The third kappa shape index (κ3) is 2.45. The van der Waals surface area contributed by atoms with Gasteiger partial charge >= 0.3 is 0 Å². The summed E-state index contributed by atoms with van der Waals surface area (Å²) in [5, 5.41) is 0. The Kier molecular flexibility index (Phi) is 3.59. The largest absolute Gasteiger partial charge is 0.344 e. The fourth-order valence-electron chi connectivity index (χ4n) is 3.52. The molecule has 1 atom stereocenters. The van der Waals surface area contributed by atoms with Crippen LogP contribution in [0.5, 0.6) is 0 Å². The lowest BCUT2D eigenvalue weighted by molar-refractivity contribution is 0.0768. The third-order valence-corrected chi connectivity index (χ3v) is 5.03. The molecule has 1 fully saturated rings. The first-order valence-corrected chi connectivity index (χ1v) is 7.87. The lowest BCUT2D eigenvalue weighted by atomic mass is 9.78. The lowest BCUT2D eigenvalue weighted by Crippen LogP contribution is -2.31. The number of aromatic nitrogens is 1. The van der Waals surface area contributed by atoms with Crippen LogP contribution in [0.15, 0.2) is 42.5 Å². The monoisotopic (exact) mass is 296 g/mol. The fraction of sp³-hybridized carbons (Fsp3) is 0.421. The number of carbonyl (C=O) groups excluding carboxylic acids is 1. The zero-order valence-corrected chi connectivity index (χ0v) is 13.8. The van der Waals surface area contributed by atoms with Gasteiger partial charge in [0, 0.05) is 31.7 Å². The number of likely N-dealkylation sites (tertiary alicyclic amines) is 1. The normalized spacial score (nSPS) is 20.4. The molecule has 2 aromatic rings. The highest BCUT2D eigenvalue weighted by molar-refractivity contribution is 5.93. The van der Waals surface area contributed by atoms with Crippen LogP contribution in [0.25, 0.3) is 0 Å². The molecule has 3 heteroatoms. The number of aryl methyl sites for hydroxylation is 1. The number of benzene rings is 1. The van der Waals surface area contributed by atoms with Gasteiger partial charge in [-0.05, 0) is 30.0 Å². The second-order valence-electron chi connectivity index (χ2n) is 7.06. The van der Waals surface area contributed by atoms with Gasteiger partial charge in [0.1, 0.15) is 5.69 Å². The van der Waals surface area contributed by atoms with E-state index < -0.39 is 0 Å². The minimum absolute atomic E-state index is 0.0945. The van der Waals surface area contributed by atoms with E-state index in [1.807, 2.05) is 41.6 Å². The summed E-state index contributed by atoms with van der Waals surface area (Å²) in [7, 11) is 1.96. The molecule has 1 aliphatic rings. The summed E-state index contributed by atoms with van der Waals surface area (Å²) >= 11 is 0. The first kappa shape index (κ1) is 14.9. The number of hydrogen-bond acceptors (Lipinski definition) is 1. The third-order valence-electron chi connectivity index (χ3n) is 5.03. The maximum Gasteiger partial charge on any atom is 0.270 e. The van der Waals surface area contributed by atoms with E-state index in [4.69, 9.17) is 0 Å². The van der Waals surface area contributed by atoms with Gasteiger partial charge in [0.15, 0.2) is 0 Å². The zero-order chi connectivity index (χ0) is 15.9. The average Bonchev–Trinajstić information content (AvgIpc) is 2.99. The van der Waals surface area contributed by atoms with Crippen LogP contribution >= 0.6 is 0 Å². The summed E-state index contributed by atoms with van der Waals surface area (Å²) in [4.78, 5) is 14.9. The van der Waals surface area contributed by atoms with Crippen LogP contribution in [0.3, 0.4) is 0 Å². The molecular formula is C19H24N2O. The van der Waals surface area contributed by atoms with Crippen LogP contribution in [0.4, 0.5) is 0 Å². The minimum Gasteiger partial charge on any atom is -0.344 e. The van der Waals surface area contributed by atoms with Gasteiger partial charge in [-0.15, -0.1) is 0 Å². The molecule has 1 aromatic carbocycles. The average molecular weight is 296 g/mol. The van der Waals surface area contributed by atoms with Crippen molar-refractivity contribution in [3.8, 4) is 0 Å². The van der Waals surface area contributed by atoms with E-state index in [0.717, 1.165) is 24.5 Å². The summed E-state index contributed by atoms with van der Waals surface area (Å²) in [6.45, 7) is 8.13. The van der Waals surface area contributed by atoms with Crippen LogP contribution < -0.4 is 0 Å². The van der Waals surface area contributed by atoms with Crippen LogP contribution in [-0.4, -0.2) is 28.5 Å². The molecule has 0 N–H and O–H groups in total. The minimum atomic E-state index is 0.0945. The summed E-state index contributed by atoms with van der Waals surface area (Å²) in [5.74, 6) is 0.529. The Morgan fingerprint density at radius 1 is 1.14 bits per heavy atom. The van der Waals surface area contributed by atoms with Crippen LogP contribution in [0.2, 0.25) is 0 Å². The van der Waals surface area contributed by atoms with Crippen molar-refractivity contribution < 1.29 is 4.79 Å². The summed E-state index contributed by atoms with van der Waals surface area (Å²) in [6, 6.07) is 14.5. The lowest BCUT2D eigenvalue weighted by Gasteiger charge is -2.25. The summed E-state index contributed by atoms with van der Waals surface area (Å²) < 4.78 is 1.98. The van der Waals surface area contributed by atoms with Crippen molar-refractivity contribution in [3.05, 3.63) is 59.4 Å². The topological polar surface area (TPSA) is 25.2 Å². The smallest absolute Gasteiger partial charge is 0.270 e. The molecular weight excluding hydrogens is 272 g/mol. The highest BCUT2D eigenvalue weighted by atomic mass is 16.2. The molecule has 0 unspecified atom stereocenters. The predicted octanol–water partition coefficient (Wildman–Crippen LogP) is 3.60. The van der Waals surface area contributed by atoms with Crippen LogP contribution in [-0.2, 0) is 7.05 Å². The Bertz CT molecular complexity index is 685. The van der Waals surface area contributed by atoms with Gasteiger partial charge in [-0.1, -0.05) is 44.2 Å². The van der Waals surface area contributed by atoms with Gasteiger partial charge in [0.2, 0.25) is 0 Å². The maximum absolute atomic E-state index is 12.9. The Hall–Kier alpha value is -2.03. The molecule has 1 amide bonds. The van der Waals surface area contributed by atoms with Gasteiger partial charge in [0.05, 0.1) is 0 Å². The van der Waals surface area contributed by atoms with Crippen molar-refractivity contribution in [2.75, 3.05) is 13.1 Å². The van der Waals surface area contributed by atoms with E-state index >= 15 is 0 Å². The summed E-state index contributed by atoms with van der Waals surface area (Å²) in [6.07, 6.45) is 0. The Balaban J connectivity index is 1.86. The Morgan fingerprint density at radius 3 is 2.41 bits per heavy atom. The quantitative estimate of drug-likeness (QED) is 0.831. The van der Waals surface area contributed by atoms with Crippen LogP contribution in [0, 0.1) is 12.3 Å². The first-order chi connectivity index (χ1) is 10.4. The van der Waals surface area contributed by atoms with Crippen molar-refractivity contribution in [1.82, 2.24) is 9.47 Å². The number of carbonyl (C=O) groups is 1. The van der Waals surface area contributed by atoms with E-state index in [-0.39, 0.29) is 11.3 Å². The summed E-state index contributed by atoms with van der Waals surface area (Å²) in [5.41, 5.74) is 3.31. The molecule has 0 spiro atoms. The molecule has 3 rings (SSSR count). The molecule has 3 nitrogen and oxygen atoms in total. The van der Waals surface area contributed by atoms with Gasteiger partial charge in [-0.2, -0.15) is 0 Å². The molecule has 22 heavy (non-hydrogen) atoms. The van der Waals surface area contributed by atoms with Gasteiger partial charge < -0.3 is 9.47 Å². The van der Waals surface area contributed by atoms with E-state index in [9.17, 15) is 4.79 Å². The molecule has 1 saturated heterocycles. The molecule has 0 bridgehead atoms. The predicted molar refractivity (Wildman–Crippen MR) is 89.0 cm³/mol. The zero-order valence-electron chi connectivity index (χ0n) is 13.8. The Labute approximate surface area is 132 Å². The van der Waals surface area contributed by atoms with Gasteiger partial charge in [-0.3, -0.25) is 4.79 Å². The number of hydrogen-bond donors (Lipinski definition) is 0. The highest BCUT2D eigenvalue weighted by Gasteiger charge is 2.42. The van der Waals surface area contributed by atoms with Crippen molar-refractivity contribution in [2.45, 2.75) is 26.7 Å². The van der Waals surface area contributed by atoms with Gasteiger partial charge in [0.25, 0.3) is 5.91 Å². The number of rotatable bonds is 2. The molecule has 0 aliphatic carbocycles. The standard InChI is InChI=1S/C19H24N2O/c1-14-10-11-17(20(14)4)18(22)21-12-16(19(2,3)13-21)15-8-6-5-7-9-15/h5-11,16H,12-13H2,1-4H3/t16-/m1/s1. The number of amides is 1. The molecule has 1 aliphatic heterocycles. The van der Waals surface area contributed by atoms with Gasteiger partial charge in [-0.25, -0.2) is 0 Å². The maximum atomic E-state index is 12.9. The molecule has 116 valence electrons. The van der Waals surface area contributed by atoms with E-state index in [1.54, 1.807) is 0 Å². The molecule has 1 aromatic heterocycles. The van der Waals surface area contributed by atoms with E-state index in [2.05, 4.69) is 38.1 Å². The van der Waals surface area contributed by atoms with Crippen molar-refractivity contribution in [1.29, 1.82) is 0 Å². The Morgan fingerprint density at radius 2 is 1.82 bits per heavy atom. The van der Waals surface area contributed by atoms with Crippen molar-refractivity contribution >= 4 is 5.91 Å². The molecule has 0 saturated carbocycles. The number of nitrogens with zero attached hydrogens (tertiary/aromatic N) is 2. The van der Waals surface area contributed by atoms with E-state index in [1.165, 1.54) is 5.56 Å². The second kappa shape index (κ2) is 5.31. The van der Waals surface area contributed by atoms with E-state index in [0.29, 0.717) is 5.92 Å². The molecule has 2 heterocycles. The van der Waals surface area contributed by atoms with Crippen molar-refractivity contribution in [3.63, 3.8) is 0 Å². The highest BCUT2D eigenvalue weighted by Crippen LogP contribution is 2.42. The molecule has 0 radical (unpaired) electrons. The van der Waals surface area contributed by atoms with Crippen LogP contribution in [0.1, 0.15) is 41.5 Å².